The Kier molecular flexibility index (Phi) is 7.35. The van der Waals surface area contributed by atoms with Crippen molar-refractivity contribution >= 4 is 17.5 Å². The molecule has 0 bridgehead atoms. The second-order valence-electron chi connectivity index (χ2n) is 8.90. The number of aryl methyl sites for hydroxylation is 1. The van der Waals surface area contributed by atoms with Crippen LogP contribution in [0.4, 0.5) is 5.69 Å². The summed E-state index contributed by atoms with van der Waals surface area (Å²) in [5, 5.41) is 5.52. The summed E-state index contributed by atoms with van der Waals surface area (Å²) in [4.78, 5) is 42.6. The summed E-state index contributed by atoms with van der Waals surface area (Å²) in [6, 6.07) is 14.2. The van der Waals surface area contributed by atoms with Gasteiger partial charge in [0.2, 0.25) is 0 Å². The Balaban J connectivity index is 1.62. The molecule has 0 aliphatic rings. The third-order valence-corrected chi connectivity index (χ3v) is 6.06. The number of nitrogens with zero attached hydrogens (tertiary/aromatic N) is 4. The SMILES string of the molecule is CNC(=O)c1cc(-c2ccnc(-c3cc(NC(=O)c4ccnc(C(C)(C)OC)c4)ccc3C)n2)ccn1. The quantitative estimate of drug-likeness (QED) is 0.389. The molecule has 0 spiro atoms. The Bertz CT molecular complexity index is 1470. The van der Waals surface area contributed by atoms with Gasteiger partial charge in [-0.2, -0.15) is 0 Å². The smallest absolute Gasteiger partial charge is 0.269 e. The van der Waals surface area contributed by atoms with Crippen molar-refractivity contribution in [1.29, 1.82) is 0 Å². The second-order valence-corrected chi connectivity index (χ2v) is 8.90. The molecular weight excluding hydrogens is 468 g/mol. The highest BCUT2D eigenvalue weighted by Crippen LogP contribution is 2.27. The molecule has 0 saturated carbocycles. The van der Waals surface area contributed by atoms with E-state index in [1.54, 1.807) is 63.1 Å². The van der Waals surface area contributed by atoms with Crippen LogP contribution in [0.15, 0.2) is 67.1 Å². The number of amides is 2. The lowest BCUT2D eigenvalue weighted by atomic mass is 10.0. The van der Waals surface area contributed by atoms with E-state index in [2.05, 4.69) is 25.6 Å². The Morgan fingerprint density at radius 3 is 2.41 bits per heavy atom. The normalized spacial score (nSPS) is 11.2. The minimum atomic E-state index is -0.619. The molecule has 2 amide bonds. The Morgan fingerprint density at radius 1 is 0.892 bits per heavy atom. The number of carbonyl (C=O) groups is 2. The van der Waals surface area contributed by atoms with Gasteiger partial charge in [-0.1, -0.05) is 6.07 Å². The van der Waals surface area contributed by atoms with Gasteiger partial charge in [0.25, 0.3) is 11.8 Å². The zero-order valence-corrected chi connectivity index (χ0v) is 21.4. The summed E-state index contributed by atoms with van der Waals surface area (Å²) in [7, 11) is 3.16. The van der Waals surface area contributed by atoms with Crippen LogP contribution in [0.3, 0.4) is 0 Å². The first-order valence-electron chi connectivity index (χ1n) is 11.7. The first-order valence-corrected chi connectivity index (χ1v) is 11.7. The highest BCUT2D eigenvalue weighted by Gasteiger charge is 2.22. The lowest BCUT2D eigenvalue weighted by Crippen LogP contribution is -2.22. The van der Waals surface area contributed by atoms with Crippen molar-refractivity contribution in [3.63, 3.8) is 0 Å². The van der Waals surface area contributed by atoms with E-state index in [0.29, 0.717) is 34.2 Å². The number of rotatable bonds is 7. The van der Waals surface area contributed by atoms with Gasteiger partial charge >= 0.3 is 0 Å². The predicted molar refractivity (Wildman–Crippen MR) is 141 cm³/mol. The topological polar surface area (TPSA) is 119 Å². The Hall–Kier alpha value is -4.50. The third kappa shape index (κ3) is 5.68. The first-order chi connectivity index (χ1) is 17.7. The third-order valence-electron chi connectivity index (χ3n) is 6.06. The minimum absolute atomic E-state index is 0.265. The van der Waals surface area contributed by atoms with E-state index in [9.17, 15) is 9.59 Å². The average Bonchev–Trinajstić information content (AvgIpc) is 2.93. The molecule has 4 rings (SSSR count). The van der Waals surface area contributed by atoms with Crippen molar-refractivity contribution in [3.05, 3.63) is 89.6 Å². The number of methoxy groups -OCH3 is 1. The predicted octanol–water partition coefficient (Wildman–Crippen LogP) is 4.40. The number of nitrogens with one attached hydrogen (secondary N) is 2. The lowest BCUT2D eigenvalue weighted by molar-refractivity contribution is 0.0154. The summed E-state index contributed by atoms with van der Waals surface area (Å²) in [5.41, 5.74) is 4.53. The minimum Gasteiger partial charge on any atom is -0.373 e. The van der Waals surface area contributed by atoms with E-state index < -0.39 is 5.60 Å². The van der Waals surface area contributed by atoms with Gasteiger partial charge in [-0.3, -0.25) is 19.6 Å². The van der Waals surface area contributed by atoms with Crippen LogP contribution >= 0.6 is 0 Å². The van der Waals surface area contributed by atoms with Gasteiger partial charge in [0, 0.05) is 55.1 Å². The number of anilines is 1. The van der Waals surface area contributed by atoms with Crippen LogP contribution in [0.1, 0.15) is 46.0 Å². The Labute approximate surface area is 215 Å². The van der Waals surface area contributed by atoms with E-state index in [4.69, 9.17) is 9.72 Å². The van der Waals surface area contributed by atoms with E-state index >= 15 is 0 Å². The van der Waals surface area contributed by atoms with E-state index in [0.717, 1.165) is 16.7 Å². The van der Waals surface area contributed by atoms with Gasteiger partial charge in [0.1, 0.15) is 11.3 Å². The largest absolute Gasteiger partial charge is 0.373 e. The van der Waals surface area contributed by atoms with E-state index in [1.165, 1.54) is 0 Å². The van der Waals surface area contributed by atoms with Crippen molar-refractivity contribution in [2.24, 2.45) is 0 Å². The van der Waals surface area contributed by atoms with Crippen molar-refractivity contribution in [2.75, 3.05) is 19.5 Å². The number of ether oxygens (including phenoxy) is 1. The maximum atomic E-state index is 13.0. The number of pyridine rings is 2. The fourth-order valence-corrected chi connectivity index (χ4v) is 3.64. The molecule has 3 aromatic heterocycles. The summed E-state index contributed by atoms with van der Waals surface area (Å²) in [5.74, 6) is -0.0431. The highest BCUT2D eigenvalue weighted by molar-refractivity contribution is 6.04. The molecule has 1 aromatic carbocycles. The van der Waals surface area contributed by atoms with Gasteiger partial charge in [0.15, 0.2) is 5.82 Å². The molecule has 9 heteroatoms. The molecule has 2 N–H and O–H groups in total. The fraction of sp³-hybridized carbons (Fsp3) is 0.214. The van der Waals surface area contributed by atoms with Gasteiger partial charge in [-0.25, -0.2) is 9.97 Å². The first kappa shape index (κ1) is 25.6. The molecule has 3 heterocycles. The van der Waals surface area contributed by atoms with Gasteiger partial charge < -0.3 is 15.4 Å². The van der Waals surface area contributed by atoms with Gasteiger partial charge in [-0.15, -0.1) is 0 Å². The molecule has 4 aromatic rings. The van der Waals surface area contributed by atoms with Crippen LogP contribution in [0.25, 0.3) is 22.6 Å². The van der Waals surface area contributed by atoms with Crippen molar-refractivity contribution in [1.82, 2.24) is 25.3 Å². The zero-order valence-electron chi connectivity index (χ0n) is 21.4. The van der Waals surface area contributed by atoms with Crippen LogP contribution < -0.4 is 10.6 Å². The number of aromatic nitrogens is 4. The Morgan fingerprint density at radius 2 is 1.65 bits per heavy atom. The molecule has 0 aliphatic carbocycles. The molecule has 0 unspecified atom stereocenters. The van der Waals surface area contributed by atoms with Crippen molar-refractivity contribution < 1.29 is 14.3 Å². The summed E-state index contributed by atoms with van der Waals surface area (Å²) >= 11 is 0. The lowest BCUT2D eigenvalue weighted by Gasteiger charge is -2.22. The molecule has 37 heavy (non-hydrogen) atoms. The molecule has 0 fully saturated rings. The average molecular weight is 497 g/mol. The molecule has 0 saturated heterocycles. The van der Waals surface area contributed by atoms with Crippen molar-refractivity contribution in [3.8, 4) is 22.6 Å². The maximum absolute atomic E-state index is 13.0. The van der Waals surface area contributed by atoms with Crippen LogP contribution in [-0.4, -0.2) is 45.9 Å². The van der Waals surface area contributed by atoms with Crippen LogP contribution in [-0.2, 0) is 10.3 Å². The number of hydrogen-bond donors (Lipinski definition) is 2. The summed E-state index contributed by atoms with van der Waals surface area (Å²) in [6.07, 6.45) is 4.83. The summed E-state index contributed by atoms with van der Waals surface area (Å²) < 4.78 is 5.49. The fourth-order valence-electron chi connectivity index (χ4n) is 3.64. The number of hydrogen-bond acceptors (Lipinski definition) is 7. The zero-order chi connectivity index (χ0) is 26.6. The molecule has 0 radical (unpaired) electrons. The summed E-state index contributed by atoms with van der Waals surface area (Å²) in [6.45, 7) is 5.74. The van der Waals surface area contributed by atoms with E-state index in [1.807, 2.05) is 39.0 Å². The number of benzene rings is 1. The van der Waals surface area contributed by atoms with Crippen LogP contribution in [0.2, 0.25) is 0 Å². The second kappa shape index (κ2) is 10.6. The molecular formula is C28H28N6O3. The standard InChI is InChI=1S/C28H28N6O3/c1-17-6-7-20(33-26(35)19-9-12-31-24(15-19)28(2,3)37-5)16-21(17)25-32-13-10-22(34-25)18-8-11-30-23(14-18)27(36)29-4/h6-16H,1-5H3,(H,29,36)(H,33,35). The number of carbonyl (C=O) groups excluding carboxylic acids is 2. The molecule has 0 aliphatic heterocycles. The van der Waals surface area contributed by atoms with Gasteiger partial charge in [-0.05, 0) is 68.8 Å². The van der Waals surface area contributed by atoms with Crippen LogP contribution in [0, 0.1) is 6.92 Å². The molecule has 9 nitrogen and oxygen atoms in total. The van der Waals surface area contributed by atoms with Gasteiger partial charge in [0.05, 0.1) is 11.4 Å². The monoisotopic (exact) mass is 496 g/mol. The highest BCUT2D eigenvalue weighted by atomic mass is 16.5. The van der Waals surface area contributed by atoms with Crippen molar-refractivity contribution in [2.45, 2.75) is 26.4 Å². The molecule has 0 atom stereocenters. The maximum Gasteiger partial charge on any atom is 0.269 e. The van der Waals surface area contributed by atoms with Crippen LogP contribution in [0.5, 0.6) is 0 Å². The molecule has 188 valence electrons. The van der Waals surface area contributed by atoms with E-state index in [-0.39, 0.29) is 11.8 Å².